The van der Waals surface area contributed by atoms with Crippen molar-refractivity contribution in [2.24, 2.45) is 0 Å². The van der Waals surface area contributed by atoms with E-state index in [0.29, 0.717) is 10.8 Å². The molecule has 124 valence electrons. The molecule has 1 amide bonds. The number of hydrogen-bond acceptors (Lipinski definition) is 4. The van der Waals surface area contributed by atoms with E-state index in [1.54, 1.807) is 17.4 Å². The maximum absolute atomic E-state index is 12.2. The third kappa shape index (κ3) is 3.14. The van der Waals surface area contributed by atoms with E-state index in [-0.39, 0.29) is 5.91 Å². The summed E-state index contributed by atoms with van der Waals surface area (Å²) in [6.45, 7) is 1.96. The van der Waals surface area contributed by atoms with Crippen LogP contribution in [0, 0.1) is 6.92 Å². The molecular formula is C18H13ClN4OS. The first kappa shape index (κ1) is 15.8. The molecule has 0 aliphatic carbocycles. The van der Waals surface area contributed by atoms with E-state index in [0.717, 1.165) is 26.6 Å². The van der Waals surface area contributed by atoms with Crippen molar-refractivity contribution in [3.05, 3.63) is 64.5 Å². The van der Waals surface area contributed by atoms with Crippen LogP contribution in [0.5, 0.6) is 0 Å². The van der Waals surface area contributed by atoms with Gasteiger partial charge in [-0.1, -0.05) is 17.7 Å². The van der Waals surface area contributed by atoms with Crippen LogP contribution in [-0.4, -0.2) is 20.3 Å². The molecule has 7 heteroatoms. The van der Waals surface area contributed by atoms with Crippen LogP contribution in [0.25, 0.3) is 21.9 Å². The minimum absolute atomic E-state index is 0.234. The van der Waals surface area contributed by atoms with Crippen LogP contribution in [0.2, 0.25) is 5.15 Å². The number of halogens is 1. The number of benzene rings is 1. The van der Waals surface area contributed by atoms with Gasteiger partial charge in [-0.2, -0.15) is 0 Å². The van der Waals surface area contributed by atoms with E-state index < -0.39 is 0 Å². The first-order valence-corrected chi connectivity index (χ1v) is 8.78. The Balaban J connectivity index is 1.56. The highest BCUT2D eigenvalue weighted by Gasteiger charge is 2.08. The molecule has 1 N–H and O–H groups in total. The zero-order valence-electron chi connectivity index (χ0n) is 13.2. The van der Waals surface area contributed by atoms with Gasteiger partial charge in [0.25, 0.3) is 0 Å². The van der Waals surface area contributed by atoms with Crippen LogP contribution in [-0.2, 0) is 4.79 Å². The Morgan fingerprint density at radius 2 is 2.16 bits per heavy atom. The Morgan fingerprint density at radius 1 is 1.28 bits per heavy atom. The molecule has 4 rings (SSSR count). The van der Waals surface area contributed by atoms with Crippen LogP contribution in [0.3, 0.4) is 0 Å². The average molecular weight is 369 g/mol. The first-order valence-electron chi connectivity index (χ1n) is 7.59. The average Bonchev–Trinajstić information content (AvgIpc) is 3.10. The number of carbonyl (C=O) groups is 1. The standard InChI is InChI=1S/C18H13ClN4OS/c1-11-20-13-6-5-12(10-15(13)25-11)21-17(24)8-7-14-18(19)22-16-4-2-3-9-23(14)16/h2-10H,1H3,(H,21,24). The summed E-state index contributed by atoms with van der Waals surface area (Å²) in [7, 11) is 0. The van der Waals surface area contributed by atoms with Gasteiger partial charge in [0.15, 0.2) is 5.15 Å². The number of nitrogens with one attached hydrogen (secondary N) is 1. The second kappa shape index (κ2) is 6.31. The van der Waals surface area contributed by atoms with Crippen LogP contribution in [0.1, 0.15) is 10.7 Å². The molecule has 0 atom stereocenters. The molecule has 0 aliphatic rings. The van der Waals surface area contributed by atoms with Gasteiger partial charge in [0.1, 0.15) is 5.65 Å². The summed E-state index contributed by atoms with van der Waals surface area (Å²) < 4.78 is 2.88. The Bertz CT molecular complexity index is 1130. The van der Waals surface area contributed by atoms with Gasteiger partial charge in [-0.3, -0.25) is 9.20 Å². The van der Waals surface area contributed by atoms with Crippen LogP contribution in [0.15, 0.2) is 48.7 Å². The molecule has 3 aromatic heterocycles. The molecule has 0 aliphatic heterocycles. The summed E-state index contributed by atoms with van der Waals surface area (Å²) >= 11 is 7.76. The lowest BCUT2D eigenvalue weighted by atomic mass is 10.3. The van der Waals surface area contributed by atoms with Crippen molar-refractivity contribution in [1.29, 1.82) is 0 Å². The third-order valence-corrected chi connectivity index (χ3v) is 4.89. The third-order valence-electron chi connectivity index (χ3n) is 3.68. The van der Waals surface area contributed by atoms with Crippen molar-refractivity contribution in [2.45, 2.75) is 6.92 Å². The number of aryl methyl sites for hydroxylation is 1. The van der Waals surface area contributed by atoms with E-state index in [1.807, 2.05) is 53.9 Å². The van der Waals surface area contributed by atoms with Crippen molar-refractivity contribution in [3.63, 3.8) is 0 Å². The summed E-state index contributed by atoms with van der Waals surface area (Å²) in [6.07, 6.45) is 4.96. The van der Waals surface area contributed by atoms with E-state index >= 15 is 0 Å². The molecule has 0 bridgehead atoms. The zero-order chi connectivity index (χ0) is 17.4. The molecule has 3 heterocycles. The summed E-state index contributed by atoms with van der Waals surface area (Å²) in [5.41, 5.74) is 3.07. The van der Waals surface area contributed by atoms with E-state index in [9.17, 15) is 4.79 Å². The van der Waals surface area contributed by atoms with Crippen LogP contribution < -0.4 is 5.32 Å². The summed E-state index contributed by atoms with van der Waals surface area (Å²) in [5.74, 6) is -0.234. The first-order chi connectivity index (χ1) is 12.1. The minimum Gasteiger partial charge on any atom is -0.322 e. The number of imidazole rings is 1. The van der Waals surface area contributed by atoms with Gasteiger partial charge in [-0.15, -0.1) is 11.3 Å². The smallest absolute Gasteiger partial charge is 0.248 e. The number of amides is 1. The lowest BCUT2D eigenvalue weighted by Crippen LogP contribution is -2.07. The van der Waals surface area contributed by atoms with E-state index in [1.165, 1.54) is 6.08 Å². The van der Waals surface area contributed by atoms with Crippen molar-refractivity contribution >= 4 is 56.5 Å². The monoisotopic (exact) mass is 368 g/mol. The molecule has 0 spiro atoms. The molecule has 1 aromatic carbocycles. The van der Waals surface area contributed by atoms with Gasteiger partial charge >= 0.3 is 0 Å². The quantitative estimate of drug-likeness (QED) is 0.539. The number of rotatable bonds is 3. The van der Waals surface area contributed by atoms with E-state index in [4.69, 9.17) is 11.6 Å². The summed E-state index contributed by atoms with van der Waals surface area (Å²) in [6, 6.07) is 11.3. The number of hydrogen-bond donors (Lipinski definition) is 1. The minimum atomic E-state index is -0.234. The fourth-order valence-electron chi connectivity index (χ4n) is 2.59. The zero-order valence-corrected chi connectivity index (χ0v) is 14.8. The molecule has 0 unspecified atom stereocenters. The van der Waals surface area contributed by atoms with Crippen molar-refractivity contribution in [2.75, 3.05) is 5.32 Å². The van der Waals surface area contributed by atoms with Crippen LogP contribution in [0.4, 0.5) is 5.69 Å². The predicted molar refractivity (Wildman–Crippen MR) is 102 cm³/mol. The highest BCUT2D eigenvalue weighted by atomic mass is 35.5. The number of fused-ring (bicyclic) bond motifs is 2. The van der Waals surface area contributed by atoms with Gasteiger partial charge in [0.05, 0.1) is 20.9 Å². The molecule has 0 radical (unpaired) electrons. The highest BCUT2D eigenvalue weighted by Crippen LogP contribution is 2.25. The number of aromatic nitrogens is 3. The fourth-order valence-corrected chi connectivity index (χ4v) is 3.70. The van der Waals surface area contributed by atoms with Crippen LogP contribution >= 0.6 is 22.9 Å². The lowest BCUT2D eigenvalue weighted by molar-refractivity contribution is -0.111. The summed E-state index contributed by atoms with van der Waals surface area (Å²) in [4.78, 5) is 20.9. The second-order valence-electron chi connectivity index (χ2n) is 5.45. The Hall–Kier alpha value is -2.70. The van der Waals surface area contributed by atoms with Gasteiger partial charge < -0.3 is 5.32 Å². The SMILES string of the molecule is Cc1nc2ccc(NC(=O)C=Cc3c(Cl)nc4ccccn34)cc2s1. The lowest BCUT2D eigenvalue weighted by Gasteiger charge is -2.01. The topological polar surface area (TPSA) is 59.3 Å². The van der Waals surface area contributed by atoms with Crippen molar-refractivity contribution in [3.8, 4) is 0 Å². The Labute approximate surface area is 152 Å². The normalized spacial score (nSPS) is 11.6. The number of anilines is 1. The molecule has 25 heavy (non-hydrogen) atoms. The van der Waals surface area contributed by atoms with Gasteiger partial charge in [0.2, 0.25) is 5.91 Å². The largest absolute Gasteiger partial charge is 0.322 e. The molecule has 5 nitrogen and oxygen atoms in total. The van der Waals surface area contributed by atoms with Crippen molar-refractivity contribution in [1.82, 2.24) is 14.4 Å². The fraction of sp³-hybridized carbons (Fsp3) is 0.0556. The molecule has 4 aromatic rings. The Kier molecular flexibility index (Phi) is 3.99. The maximum Gasteiger partial charge on any atom is 0.248 e. The number of nitrogens with zero attached hydrogens (tertiary/aromatic N) is 3. The predicted octanol–water partition coefficient (Wildman–Crippen LogP) is 4.56. The molecule has 0 saturated heterocycles. The second-order valence-corrected chi connectivity index (χ2v) is 7.05. The van der Waals surface area contributed by atoms with Gasteiger partial charge in [-0.05, 0) is 43.3 Å². The summed E-state index contributed by atoms with van der Waals surface area (Å²) in [5, 5.41) is 4.21. The number of thiazole rings is 1. The van der Waals surface area contributed by atoms with Crippen molar-refractivity contribution < 1.29 is 4.79 Å². The maximum atomic E-state index is 12.2. The Morgan fingerprint density at radius 3 is 3.04 bits per heavy atom. The molecule has 0 fully saturated rings. The van der Waals surface area contributed by atoms with E-state index in [2.05, 4.69) is 15.3 Å². The number of pyridine rings is 1. The van der Waals surface area contributed by atoms with Gasteiger partial charge in [0, 0.05) is 18.0 Å². The molecular weight excluding hydrogens is 356 g/mol. The number of carbonyl (C=O) groups excluding carboxylic acids is 1. The molecule has 0 saturated carbocycles. The highest BCUT2D eigenvalue weighted by molar-refractivity contribution is 7.18. The van der Waals surface area contributed by atoms with Gasteiger partial charge in [-0.25, -0.2) is 9.97 Å².